The number of nitrogens with one attached hydrogen (secondary N) is 1. The van der Waals surface area contributed by atoms with Crippen molar-refractivity contribution in [1.82, 2.24) is 10.2 Å². The molecule has 1 amide bonds. The van der Waals surface area contributed by atoms with E-state index in [9.17, 15) is 4.79 Å². The summed E-state index contributed by atoms with van der Waals surface area (Å²) >= 11 is 0. The van der Waals surface area contributed by atoms with E-state index in [0.29, 0.717) is 17.7 Å². The quantitative estimate of drug-likeness (QED) is 0.811. The molecule has 1 N–H and O–H groups in total. The molecule has 0 bridgehead atoms. The van der Waals surface area contributed by atoms with Gasteiger partial charge in [-0.2, -0.15) is 0 Å². The standard InChI is InChI=1S/C14H26N2O/c1-11(2)7-13-8-14(17)16(10-13)9-12-3-5-15-6-4-12/h11-13,15H,3-10H2,1-2H3/t13-/m0/s1. The summed E-state index contributed by atoms with van der Waals surface area (Å²) in [7, 11) is 0. The van der Waals surface area contributed by atoms with Crippen molar-refractivity contribution in [3.63, 3.8) is 0 Å². The second-order valence-electron chi connectivity index (χ2n) is 6.19. The highest BCUT2D eigenvalue weighted by Gasteiger charge is 2.31. The van der Waals surface area contributed by atoms with Crippen LogP contribution in [0.1, 0.15) is 39.5 Å². The lowest BCUT2D eigenvalue weighted by Crippen LogP contribution is -2.37. The van der Waals surface area contributed by atoms with E-state index in [1.165, 1.54) is 19.3 Å². The summed E-state index contributed by atoms with van der Waals surface area (Å²) in [4.78, 5) is 14.1. The molecule has 0 aromatic carbocycles. The minimum atomic E-state index is 0.397. The van der Waals surface area contributed by atoms with Gasteiger partial charge < -0.3 is 10.2 Å². The number of nitrogens with zero attached hydrogens (tertiary/aromatic N) is 1. The molecule has 3 heteroatoms. The minimum Gasteiger partial charge on any atom is -0.342 e. The predicted molar refractivity (Wildman–Crippen MR) is 69.7 cm³/mol. The normalized spacial score (nSPS) is 27.1. The van der Waals surface area contributed by atoms with Gasteiger partial charge in [-0.1, -0.05) is 13.8 Å². The molecule has 2 rings (SSSR count). The average molecular weight is 238 g/mol. The first-order valence-electron chi connectivity index (χ1n) is 7.13. The fourth-order valence-corrected chi connectivity index (χ4v) is 3.23. The number of carbonyl (C=O) groups is 1. The molecule has 2 saturated heterocycles. The van der Waals surface area contributed by atoms with Gasteiger partial charge in [0.25, 0.3) is 0 Å². The molecule has 0 aromatic heterocycles. The highest BCUT2D eigenvalue weighted by atomic mass is 16.2. The summed E-state index contributed by atoms with van der Waals surface area (Å²) in [6.45, 7) is 8.78. The van der Waals surface area contributed by atoms with Gasteiger partial charge >= 0.3 is 0 Å². The molecule has 0 saturated carbocycles. The molecular formula is C14H26N2O. The molecule has 2 aliphatic rings. The van der Waals surface area contributed by atoms with E-state index < -0.39 is 0 Å². The third-order valence-corrected chi connectivity index (χ3v) is 4.04. The fourth-order valence-electron chi connectivity index (χ4n) is 3.23. The van der Waals surface area contributed by atoms with Gasteiger partial charge in [-0.3, -0.25) is 4.79 Å². The van der Waals surface area contributed by atoms with Crippen molar-refractivity contribution < 1.29 is 4.79 Å². The van der Waals surface area contributed by atoms with Crippen LogP contribution in [0, 0.1) is 17.8 Å². The average Bonchev–Trinajstić information content (AvgIpc) is 2.59. The molecule has 0 aliphatic carbocycles. The van der Waals surface area contributed by atoms with Gasteiger partial charge in [0, 0.05) is 19.5 Å². The lowest BCUT2D eigenvalue weighted by Gasteiger charge is -2.27. The van der Waals surface area contributed by atoms with Crippen molar-refractivity contribution >= 4 is 5.91 Å². The van der Waals surface area contributed by atoms with E-state index in [1.807, 2.05) is 0 Å². The van der Waals surface area contributed by atoms with E-state index in [4.69, 9.17) is 0 Å². The first kappa shape index (κ1) is 12.9. The maximum absolute atomic E-state index is 12.0. The number of likely N-dealkylation sites (tertiary alicyclic amines) is 1. The summed E-state index contributed by atoms with van der Waals surface area (Å²) in [5.74, 6) is 2.46. The fraction of sp³-hybridized carbons (Fsp3) is 0.929. The Labute approximate surface area is 105 Å². The highest BCUT2D eigenvalue weighted by Crippen LogP contribution is 2.26. The zero-order valence-electron chi connectivity index (χ0n) is 11.2. The Morgan fingerprint density at radius 3 is 2.65 bits per heavy atom. The van der Waals surface area contributed by atoms with Crippen LogP contribution in [-0.4, -0.2) is 37.0 Å². The van der Waals surface area contributed by atoms with Gasteiger partial charge in [0.05, 0.1) is 0 Å². The van der Waals surface area contributed by atoms with Crippen molar-refractivity contribution in [3.05, 3.63) is 0 Å². The molecule has 2 aliphatic heterocycles. The Balaban J connectivity index is 1.79. The maximum atomic E-state index is 12.0. The van der Waals surface area contributed by atoms with Crippen molar-refractivity contribution in [2.24, 2.45) is 17.8 Å². The monoisotopic (exact) mass is 238 g/mol. The molecule has 2 fully saturated rings. The third-order valence-electron chi connectivity index (χ3n) is 4.04. The topological polar surface area (TPSA) is 32.3 Å². The second kappa shape index (κ2) is 5.85. The molecule has 0 spiro atoms. The minimum absolute atomic E-state index is 0.397. The Morgan fingerprint density at radius 2 is 2.00 bits per heavy atom. The molecule has 3 nitrogen and oxygen atoms in total. The number of carbonyl (C=O) groups excluding carboxylic acids is 1. The first-order chi connectivity index (χ1) is 8.15. The molecule has 2 heterocycles. The van der Waals surface area contributed by atoms with E-state index in [0.717, 1.165) is 38.5 Å². The van der Waals surface area contributed by atoms with Crippen LogP contribution in [0.4, 0.5) is 0 Å². The van der Waals surface area contributed by atoms with E-state index in [1.54, 1.807) is 0 Å². The second-order valence-corrected chi connectivity index (χ2v) is 6.19. The van der Waals surface area contributed by atoms with Gasteiger partial charge in [0.1, 0.15) is 0 Å². The zero-order valence-corrected chi connectivity index (χ0v) is 11.2. The summed E-state index contributed by atoms with van der Waals surface area (Å²) < 4.78 is 0. The van der Waals surface area contributed by atoms with Gasteiger partial charge in [-0.25, -0.2) is 0 Å². The van der Waals surface area contributed by atoms with Crippen molar-refractivity contribution in [3.8, 4) is 0 Å². The van der Waals surface area contributed by atoms with Crippen LogP contribution in [0.3, 0.4) is 0 Å². The highest BCUT2D eigenvalue weighted by molar-refractivity contribution is 5.78. The van der Waals surface area contributed by atoms with Crippen molar-refractivity contribution in [1.29, 1.82) is 0 Å². The number of hydrogen-bond acceptors (Lipinski definition) is 2. The van der Waals surface area contributed by atoms with E-state index in [-0.39, 0.29) is 0 Å². The van der Waals surface area contributed by atoms with Crippen LogP contribution in [0.2, 0.25) is 0 Å². The van der Waals surface area contributed by atoms with E-state index >= 15 is 0 Å². The predicted octanol–water partition coefficient (Wildman–Crippen LogP) is 1.88. The Hall–Kier alpha value is -0.570. The number of amides is 1. The molecule has 0 radical (unpaired) electrons. The third kappa shape index (κ3) is 3.70. The smallest absolute Gasteiger partial charge is 0.222 e. The molecule has 98 valence electrons. The molecule has 0 unspecified atom stereocenters. The van der Waals surface area contributed by atoms with Crippen LogP contribution < -0.4 is 5.32 Å². The van der Waals surface area contributed by atoms with Crippen LogP contribution in [0.5, 0.6) is 0 Å². The Bertz CT molecular complexity index is 259. The number of hydrogen-bond donors (Lipinski definition) is 1. The summed E-state index contributed by atoms with van der Waals surface area (Å²) in [6, 6.07) is 0. The van der Waals surface area contributed by atoms with Crippen LogP contribution >= 0.6 is 0 Å². The number of rotatable bonds is 4. The van der Waals surface area contributed by atoms with Gasteiger partial charge in [0.2, 0.25) is 5.91 Å². The van der Waals surface area contributed by atoms with Gasteiger partial charge in [-0.05, 0) is 50.1 Å². The van der Waals surface area contributed by atoms with Crippen LogP contribution in [0.15, 0.2) is 0 Å². The molecular weight excluding hydrogens is 212 g/mol. The van der Waals surface area contributed by atoms with Gasteiger partial charge in [-0.15, -0.1) is 0 Å². The van der Waals surface area contributed by atoms with Crippen molar-refractivity contribution in [2.75, 3.05) is 26.2 Å². The van der Waals surface area contributed by atoms with E-state index in [2.05, 4.69) is 24.1 Å². The number of piperidine rings is 1. The Morgan fingerprint density at radius 1 is 1.29 bits per heavy atom. The van der Waals surface area contributed by atoms with Crippen LogP contribution in [0.25, 0.3) is 0 Å². The summed E-state index contributed by atoms with van der Waals surface area (Å²) in [5, 5.41) is 3.38. The molecule has 1 atom stereocenters. The summed E-state index contributed by atoms with van der Waals surface area (Å²) in [6.07, 6.45) is 4.47. The van der Waals surface area contributed by atoms with Crippen molar-refractivity contribution in [2.45, 2.75) is 39.5 Å². The molecule has 17 heavy (non-hydrogen) atoms. The lowest BCUT2D eigenvalue weighted by atomic mass is 9.96. The largest absolute Gasteiger partial charge is 0.342 e. The zero-order chi connectivity index (χ0) is 12.3. The molecule has 0 aromatic rings. The van der Waals surface area contributed by atoms with Crippen LogP contribution in [-0.2, 0) is 4.79 Å². The van der Waals surface area contributed by atoms with Gasteiger partial charge in [0.15, 0.2) is 0 Å². The first-order valence-corrected chi connectivity index (χ1v) is 7.13. The SMILES string of the molecule is CC(C)C[C@H]1CC(=O)N(CC2CCNCC2)C1. The lowest BCUT2D eigenvalue weighted by molar-refractivity contribution is -0.128. The maximum Gasteiger partial charge on any atom is 0.222 e. The Kier molecular flexibility index (Phi) is 4.43. The summed E-state index contributed by atoms with van der Waals surface area (Å²) in [5.41, 5.74) is 0.